The van der Waals surface area contributed by atoms with Crippen molar-refractivity contribution < 1.29 is 9.32 Å². The van der Waals surface area contributed by atoms with Gasteiger partial charge in [0.25, 0.3) is 0 Å². The monoisotopic (exact) mass is 314 g/mol. The molecular weight excluding hydrogens is 292 g/mol. The first-order valence-corrected chi connectivity index (χ1v) is 7.85. The van der Waals surface area contributed by atoms with Gasteiger partial charge in [-0.2, -0.15) is 0 Å². The summed E-state index contributed by atoms with van der Waals surface area (Å²) in [5.74, 6) is 1.14. The van der Waals surface area contributed by atoms with Crippen LogP contribution in [-0.4, -0.2) is 42.3 Å². The predicted octanol–water partition coefficient (Wildman–Crippen LogP) is 2.95. The molecule has 1 aromatic carbocycles. The second-order valence-electron chi connectivity index (χ2n) is 5.97. The van der Waals surface area contributed by atoms with E-state index in [9.17, 15) is 4.79 Å². The molecule has 0 aliphatic carbocycles. The third kappa shape index (κ3) is 3.31. The first kappa shape index (κ1) is 15.4. The van der Waals surface area contributed by atoms with Crippen LogP contribution in [0.1, 0.15) is 16.9 Å². The lowest BCUT2D eigenvalue weighted by Crippen LogP contribution is -2.50. The molecule has 2 amide bonds. The number of nitrogens with one attached hydrogen (secondary N) is 1. The number of piperazine rings is 1. The average molecular weight is 314 g/mol. The summed E-state index contributed by atoms with van der Waals surface area (Å²) in [7, 11) is 0. The van der Waals surface area contributed by atoms with Crippen molar-refractivity contribution in [1.82, 2.24) is 10.1 Å². The molecule has 1 aliphatic heterocycles. The maximum Gasteiger partial charge on any atom is 0.323 e. The Morgan fingerprint density at radius 1 is 1.13 bits per heavy atom. The third-order valence-electron chi connectivity index (χ3n) is 4.19. The first-order valence-electron chi connectivity index (χ1n) is 7.85. The lowest BCUT2D eigenvalue weighted by atomic mass is 10.1. The van der Waals surface area contributed by atoms with Crippen molar-refractivity contribution in [2.75, 3.05) is 36.4 Å². The van der Waals surface area contributed by atoms with Crippen LogP contribution in [0.15, 0.2) is 28.8 Å². The zero-order valence-corrected chi connectivity index (χ0v) is 13.8. The van der Waals surface area contributed by atoms with E-state index in [0.29, 0.717) is 24.7 Å². The SMILES string of the molecule is Cc1cc(NC(=O)N2CCN(c3c(C)cccc3C)CC2)no1. The fourth-order valence-corrected chi connectivity index (χ4v) is 3.05. The van der Waals surface area contributed by atoms with Gasteiger partial charge in [-0.05, 0) is 31.9 Å². The topological polar surface area (TPSA) is 61.6 Å². The molecule has 6 heteroatoms. The molecule has 1 N–H and O–H groups in total. The van der Waals surface area contributed by atoms with E-state index in [0.717, 1.165) is 13.1 Å². The number of aromatic nitrogens is 1. The Balaban J connectivity index is 1.61. The Hall–Kier alpha value is -2.50. The molecular formula is C17H22N4O2. The van der Waals surface area contributed by atoms with Gasteiger partial charge >= 0.3 is 6.03 Å². The largest absolute Gasteiger partial charge is 0.368 e. The summed E-state index contributed by atoms with van der Waals surface area (Å²) in [6.07, 6.45) is 0. The number of anilines is 2. The van der Waals surface area contributed by atoms with Crippen LogP contribution in [0, 0.1) is 20.8 Å². The van der Waals surface area contributed by atoms with E-state index in [1.807, 2.05) is 4.90 Å². The number of nitrogens with zero attached hydrogens (tertiary/aromatic N) is 3. The minimum absolute atomic E-state index is 0.126. The molecule has 6 nitrogen and oxygen atoms in total. The Bertz CT molecular complexity index is 682. The average Bonchev–Trinajstić information content (AvgIpc) is 2.93. The summed E-state index contributed by atoms with van der Waals surface area (Å²) >= 11 is 0. The van der Waals surface area contributed by atoms with Crippen LogP contribution in [0.5, 0.6) is 0 Å². The smallest absolute Gasteiger partial charge is 0.323 e. The number of benzene rings is 1. The van der Waals surface area contributed by atoms with Crippen LogP contribution >= 0.6 is 0 Å². The predicted molar refractivity (Wildman–Crippen MR) is 90.0 cm³/mol. The van der Waals surface area contributed by atoms with Gasteiger partial charge in [0, 0.05) is 37.9 Å². The summed E-state index contributed by atoms with van der Waals surface area (Å²) in [5, 5.41) is 6.57. The van der Waals surface area contributed by atoms with Gasteiger partial charge in [0.15, 0.2) is 5.82 Å². The summed E-state index contributed by atoms with van der Waals surface area (Å²) < 4.78 is 4.96. The number of aryl methyl sites for hydroxylation is 3. The fraction of sp³-hybridized carbons (Fsp3) is 0.412. The summed E-state index contributed by atoms with van der Waals surface area (Å²) in [6, 6.07) is 7.94. The van der Waals surface area contributed by atoms with Crippen LogP contribution < -0.4 is 10.2 Å². The number of hydrogen-bond acceptors (Lipinski definition) is 4. The van der Waals surface area contributed by atoms with Gasteiger partial charge in [-0.3, -0.25) is 5.32 Å². The highest BCUT2D eigenvalue weighted by molar-refractivity contribution is 5.88. The molecule has 0 radical (unpaired) electrons. The van der Waals surface area contributed by atoms with Crippen molar-refractivity contribution in [3.8, 4) is 0 Å². The van der Waals surface area contributed by atoms with Gasteiger partial charge in [0.1, 0.15) is 5.76 Å². The molecule has 0 unspecified atom stereocenters. The molecule has 2 heterocycles. The lowest BCUT2D eigenvalue weighted by Gasteiger charge is -2.37. The molecule has 0 bridgehead atoms. The van der Waals surface area contributed by atoms with E-state index in [2.05, 4.69) is 47.4 Å². The molecule has 1 aromatic heterocycles. The van der Waals surface area contributed by atoms with Crippen molar-refractivity contribution in [2.24, 2.45) is 0 Å². The van der Waals surface area contributed by atoms with Gasteiger partial charge in [-0.25, -0.2) is 4.79 Å². The Morgan fingerprint density at radius 3 is 2.35 bits per heavy atom. The quantitative estimate of drug-likeness (QED) is 0.926. The second-order valence-corrected chi connectivity index (χ2v) is 5.97. The van der Waals surface area contributed by atoms with E-state index in [1.165, 1.54) is 16.8 Å². The number of para-hydroxylation sites is 1. The standard InChI is InChI=1S/C17H22N4O2/c1-12-5-4-6-13(2)16(12)20-7-9-21(10-8-20)17(22)18-15-11-14(3)23-19-15/h4-6,11H,7-10H2,1-3H3,(H,18,19,22). The fourth-order valence-electron chi connectivity index (χ4n) is 3.05. The minimum Gasteiger partial charge on any atom is -0.368 e. The number of rotatable bonds is 2. The zero-order chi connectivity index (χ0) is 16.4. The highest BCUT2D eigenvalue weighted by atomic mass is 16.5. The molecule has 0 atom stereocenters. The highest BCUT2D eigenvalue weighted by Crippen LogP contribution is 2.25. The second kappa shape index (κ2) is 6.32. The molecule has 1 fully saturated rings. The van der Waals surface area contributed by atoms with Gasteiger partial charge in [-0.1, -0.05) is 23.4 Å². The number of hydrogen-bond donors (Lipinski definition) is 1. The van der Waals surface area contributed by atoms with Gasteiger partial charge in [0.05, 0.1) is 0 Å². The summed E-state index contributed by atoms with van der Waals surface area (Å²) in [5.41, 5.74) is 3.85. The van der Waals surface area contributed by atoms with Crippen molar-refractivity contribution in [1.29, 1.82) is 0 Å². The molecule has 23 heavy (non-hydrogen) atoms. The zero-order valence-electron chi connectivity index (χ0n) is 13.8. The van der Waals surface area contributed by atoms with Gasteiger partial charge in [-0.15, -0.1) is 0 Å². The van der Waals surface area contributed by atoms with E-state index in [4.69, 9.17) is 4.52 Å². The van der Waals surface area contributed by atoms with Crippen molar-refractivity contribution >= 4 is 17.5 Å². The van der Waals surface area contributed by atoms with Crippen LogP contribution in [0.3, 0.4) is 0 Å². The normalized spacial score (nSPS) is 14.9. The molecule has 1 saturated heterocycles. The number of amides is 2. The van der Waals surface area contributed by atoms with Crippen LogP contribution in [0.4, 0.5) is 16.3 Å². The maximum atomic E-state index is 12.3. The lowest BCUT2D eigenvalue weighted by molar-refractivity contribution is 0.208. The van der Waals surface area contributed by atoms with E-state index >= 15 is 0 Å². The third-order valence-corrected chi connectivity index (χ3v) is 4.19. The minimum atomic E-state index is -0.126. The van der Waals surface area contributed by atoms with Crippen molar-refractivity contribution in [3.63, 3.8) is 0 Å². The van der Waals surface area contributed by atoms with E-state index in [1.54, 1.807) is 13.0 Å². The van der Waals surface area contributed by atoms with Crippen LogP contribution in [0.2, 0.25) is 0 Å². The van der Waals surface area contributed by atoms with Crippen molar-refractivity contribution in [3.05, 3.63) is 41.2 Å². The van der Waals surface area contributed by atoms with Gasteiger partial charge in [0.2, 0.25) is 0 Å². The van der Waals surface area contributed by atoms with E-state index in [-0.39, 0.29) is 6.03 Å². The number of carbonyl (C=O) groups excluding carboxylic acids is 1. The van der Waals surface area contributed by atoms with Crippen molar-refractivity contribution in [2.45, 2.75) is 20.8 Å². The number of urea groups is 1. The Kier molecular flexibility index (Phi) is 4.23. The Morgan fingerprint density at radius 2 is 1.78 bits per heavy atom. The first-order chi connectivity index (χ1) is 11.0. The molecule has 3 rings (SSSR count). The van der Waals surface area contributed by atoms with E-state index < -0.39 is 0 Å². The van der Waals surface area contributed by atoms with Gasteiger partial charge < -0.3 is 14.3 Å². The summed E-state index contributed by atoms with van der Waals surface area (Å²) in [4.78, 5) is 16.4. The molecule has 122 valence electrons. The van der Waals surface area contributed by atoms with Crippen LogP contribution in [0.25, 0.3) is 0 Å². The molecule has 0 saturated carbocycles. The highest BCUT2D eigenvalue weighted by Gasteiger charge is 2.23. The number of carbonyl (C=O) groups is 1. The van der Waals surface area contributed by atoms with Crippen LogP contribution in [-0.2, 0) is 0 Å². The Labute approximate surface area is 136 Å². The maximum absolute atomic E-state index is 12.3. The summed E-state index contributed by atoms with van der Waals surface area (Å²) in [6.45, 7) is 9.11. The molecule has 2 aromatic rings. The molecule has 1 aliphatic rings. The molecule has 0 spiro atoms.